The van der Waals surface area contributed by atoms with Gasteiger partial charge in [-0.05, 0) is 43.5 Å². The van der Waals surface area contributed by atoms with E-state index in [1.165, 1.54) is 17.5 Å². The van der Waals surface area contributed by atoms with Gasteiger partial charge in [0, 0.05) is 18.3 Å². The monoisotopic (exact) mass is 268 g/mol. The van der Waals surface area contributed by atoms with Crippen molar-refractivity contribution >= 4 is 0 Å². The normalized spacial score (nSPS) is 12.3. The van der Waals surface area contributed by atoms with E-state index in [2.05, 4.69) is 60.5 Å². The van der Waals surface area contributed by atoms with Crippen molar-refractivity contribution in [2.75, 3.05) is 0 Å². The highest BCUT2D eigenvalue weighted by molar-refractivity contribution is 5.25. The summed E-state index contributed by atoms with van der Waals surface area (Å²) < 4.78 is 0. The Balaban J connectivity index is 1.92. The van der Waals surface area contributed by atoms with Crippen LogP contribution in [0.3, 0.4) is 0 Å². The number of nitrogens with one attached hydrogen (secondary N) is 1. The molecular formula is C18H24N2. The minimum absolute atomic E-state index is 0.341. The smallest absolute Gasteiger partial charge is 0.0545 e. The zero-order valence-corrected chi connectivity index (χ0v) is 12.7. The van der Waals surface area contributed by atoms with E-state index >= 15 is 0 Å². The first-order chi connectivity index (χ1) is 9.69. The average molecular weight is 268 g/mol. The van der Waals surface area contributed by atoms with Gasteiger partial charge in [0.25, 0.3) is 0 Å². The van der Waals surface area contributed by atoms with Gasteiger partial charge in [-0.1, -0.05) is 43.7 Å². The fourth-order valence-corrected chi connectivity index (χ4v) is 2.34. The number of pyridine rings is 1. The first-order valence-electron chi connectivity index (χ1n) is 7.44. The summed E-state index contributed by atoms with van der Waals surface area (Å²) in [5.74, 6) is 0. The molecule has 2 heteroatoms. The number of aryl methyl sites for hydroxylation is 2. The molecule has 0 saturated carbocycles. The van der Waals surface area contributed by atoms with Crippen molar-refractivity contribution < 1.29 is 0 Å². The van der Waals surface area contributed by atoms with Crippen molar-refractivity contribution in [3.05, 3.63) is 65.0 Å². The zero-order chi connectivity index (χ0) is 14.4. The largest absolute Gasteiger partial charge is 0.305 e. The van der Waals surface area contributed by atoms with Crippen molar-refractivity contribution in [2.45, 2.75) is 46.2 Å². The van der Waals surface area contributed by atoms with E-state index in [1.807, 2.05) is 13.0 Å². The van der Waals surface area contributed by atoms with Crippen LogP contribution in [0.4, 0.5) is 0 Å². The molecule has 1 aromatic carbocycles. The minimum Gasteiger partial charge on any atom is -0.305 e. The zero-order valence-electron chi connectivity index (χ0n) is 12.7. The molecule has 20 heavy (non-hydrogen) atoms. The third kappa shape index (κ3) is 4.17. The molecule has 1 atom stereocenters. The Morgan fingerprint density at radius 1 is 1.10 bits per heavy atom. The predicted octanol–water partition coefficient (Wildman–Crippen LogP) is 4.19. The first-order valence-corrected chi connectivity index (χ1v) is 7.44. The number of hydrogen-bond donors (Lipinski definition) is 1. The van der Waals surface area contributed by atoms with Crippen LogP contribution in [0.25, 0.3) is 0 Å². The van der Waals surface area contributed by atoms with Crippen molar-refractivity contribution in [1.82, 2.24) is 10.3 Å². The van der Waals surface area contributed by atoms with Gasteiger partial charge in [0.15, 0.2) is 0 Å². The molecule has 2 aromatic rings. The SMILES string of the molecule is CCCc1ccc(C(C)NCc2cccc(C)n2)cc1. The van der Waals surface area contributed by atoms with Crippen LogP contribution in [0.1, 0.15) is 48.8 Å². The highest BCUT2D eigenvalue weighted by Gasteiger charge is 2.05. The van der Waals surface area contributed by atoms with Gasteiger partial charge in [-0.15, -0.1) is 0 Å². The van der Waals surface area contributed by atoms with Crippen LogP contribution in [0.2, 0.25) is 0 Å². The summed E-state index contributed by atoms with van der Waals surface area (Å²) in [6.45, 7) is 7.25. The number of nitrogens with zero attached hydrogens (tertiary/aromatic N) is 1. The molecule has 1 aromatic heterocycles. The van der Waals surface area contributed by atoms with Crippen LogP contribution in [0, 0.1) is 6.92 Å². The summed E-state index contributed by atoms with van der Waals surface area (Å²) in [5, 5.41) is 3.53. The molecule has 2 rings (SSSR count). The molecule has 106 valence electrons. The lowest BCUT2D eigenvalue weighted by molar-refractivity contribution is 0.567. The molecule has 0 aliphatic carbocycles. The van der Waals surface area contributed by atoms with Gasteiger partial charge in [-0.2, -0.15) is 0 Å². The lowest BCUT2D eigenvalue weighted by Crippen LogP contribution is -2.18. The second kappa shape index (κ2) is 7.20. The van der Waals surface area contributed by atoms with E-state index in [0.29, 0.717) is 6.04 Å². The van der Waals surface area contributed by atoms with Crippen LogP contribution in [-0.2, 0) is 13.0 Å². The lowest BCUT2D eigenvalue weighted by Gasteiger charge is -2.14. The summed E-state index contributed by atoms with van der Waals surface area (Å²) in [6.07, 6.45) is 2.36. The molecule has 0 bridgehead atoms. The van der Waals surface area contributed by atoms with Gasteiger partial charge >= 0.3 is 0 Å². The Hall–Kier alpha value is -1.67. The lowest BCUT2D eigenvalue weighted by atomic mass is 10.0. The highest BCUT2D eigenvalue weighted by atomic mass is 14.9. The Morgan fingerprint density at radius 2 is 1.85 bits per heavy atom. The fraction of sp³-hybridized carbons (Fsp3) is 0.389. The third-order valence-corrected chi connectivity index (χ3v) is 3.55. The molecule has 1 unspecified atom stereocenters. The summed E-state index contributed by atoms with van der Waals surface area (Å²) in [6, 6.07) is 15.4. The first kappa shape index (κ1) is 14.7. The maximum Gasteiger partial charge on any atom is 0.0545 e. The molecule has 0 radical (unpaired) electrons. The summed E-state index contributed by atoms with van der Waals surface area (Å²) >= 11 is 0. The molecule has 0 amide bonds. The van der Waals surface area contributed by atoms with E-state index in [0.717, 1.165) is 24.4 Å². The highest BCUT2D eigenvalue weighted by Crippen LogP contribution is 2.15. The maximum absolute atomic E-state index is 4.51. The number of rotatable bonds is 6. The second-order valence-electron chi connectivity index (χ2n) is 5.36. The van der Waals surface area contributed by atoms with Crippen molar-refractivity contribution in [3.8, 4) is 0 Å². The Bertz CT molecular complexity index is 531. The number of aromatic nitrogens is 1. The van der Waals surface area contributed by atoms with Gasteiger partial charge in [0.1, 0.15) is 0 Å². The quantitative estimate of drug-likeness (QED) is 0.849. The topological polar surface area (TPSA) is 24.9 Å². The summed E-state index contributed by atoms with van der Waals surface area (Å²) in [4.78, 5) is 4.51. The molecule has 0 aliphatic rings. The van der Waals surface area contributed by atoms with E-state index in [-0.39, 0.29) is 0 Å². The number of hydrogen-bond acceptors (Lipinski definition) is 2. The minimum atomic E-state index is 0.341. The van der Waals surface area contributed by atoms with Crippen molar-refractivity contribution in [1.29, 1.82) is 0 Å². The van der Waals surface area contributed by atoms with E-state index in [9.17, 15) is 0 Å². The van der Waals surface area contributed by atoms with Gasteiger partial charge < -0.3 is 5.32 Å². The molecule has 1 heterocycles. The molecular weight excluding hydrogens is 244 g/mol. The van der Waals surface area contributed by atoms with Crippen LogP contribution < -0.4 is 5.32 Å². The number of benzene rings is 1. The van der Waals surface area contributed by atoms with Crippen LogP contribution in [0.5, 0.6) is 0 Å². The maximum atomic E-state index is 4.51. The van der Waals surface area contributed by atoms with E-state index in [1.54, 1.807) is 0 Å². The van der Waals surface area contributed by atoms with Gasteiger partial charge in [0.2, 0.25) is 0 Å². The summed E-state index contributed by atoms with van der Waals surface area (Å²) in [5.41, 5.74) is 4.92. The summed E-state index contributed by atoms with van der Waals surface area (Å²) in [7, 11) is 0. The van der Waals surface area contributed by atoms with Crippen LogP contribution in [-0.4, -0.2) is 4.98 Å². The van der Waals surface area contributed by atoms with E-state index < -0.39 is 0 Å². The van der Waals surface area contributed by atoms with E-state index in [4.69, 9.17) is 0 Å². The van der Waals surface area contributed by atoms with Gasteiger partial charge in [-0.3, -0.25) is 4.98 Å². The standard InChI is InChI=1S/C18H24N2/c1-4-6-16-9-11-17(12-10-16)15(3)19-13-18-8-5-7-14(2)20-18/h5,7-12,15,19H,4,6,13H2,1-3H3. The molecule has 0 fully saturated rings. The van der Waals surface area contributed by atoms with Gasteiger partial charge in [-0.25, -0.2) is 0 Å². The molecule has 2 nitrogen and oxygen atoms in total. The Kier molecular flexibility index (Phi) is 5.31. The Labute approximate surface area is 122 Å². The molecule has 1 N–H and O–H groups in total. The van der Waals surface area contributed by atoms with Crippen LogP contribution in [0.15, 0.2) is 42.5 Å². The average Bonchev–Trinajstić information content (AvgIpc) is 2.46. The third-order valence-electron chi connectivity index (χ3n) is 3.55. The molecule has 0 spiro atoms. The molecule has 0 aliphatic heterocycles. The van der Waals surface area contributed by atoms with Crippen molar-refractivity contribution in [3.63, 3.8) is 0 Å². The van der Waals surface area contributed by atoms with Crippen LogP contribution >= 0.6 is 0 Å². The fourth-order valence-electron chi connectivity index (χ4n) is 2.34. The predicted molar refractivity (Wildman–Crippen MR) is 84.7 cm³/mol. The van der Waals surface area contributed by atoms with Crippen molar-refractivity contribution in [2.24, 2.45) is 0 Å². The second-order valence-corrected chi connectivity index (χ2v) is 5.36. The van der Waals surface area contributed by atoms with Gasteiger partial charge in [0.05, 0.1) is 5.69 Å². The Morgan fingerprint density at radius 3 is 2.50 bits per heavy atom. The molecule has 0 saturated heterocycles.